The number of hydrogen-bond donors (Lipinski definition) is 1. The lowest BCUT2D eigenvalue weighted by atomic mass is 10.3. The summed E-state index contributed by atoms with van der Waals surface area (Å²) in [6.07, 6.45) is 4.21. The highest BCUT2D eigenvalue weighted by Gasteiger charge is 2.08. The van der Waals surface area contributed by atoms with Gasteiger partial charge in [0.25, 0.3) is 0 Å². The standard InChI is InChI=1S/C13H19N3S2.ClH/c1-2-6-16(7-5-11-4-3-8-17-11)10-12-9-15-13(14)18-12;/h3-4,8-9H,2,5-7,10H2,1H3,(H2,14,15);1H. The molecule has 2 aromatic rings. The number of anilines is 1. The molecular formula is C13H20ClN3S2. The predicted octanol–water partition coefficient (Wildman–Crippen LogP) is 3.66. The molecule has 0 saturated heterocycles. The summed E-state index contributed by atoms with van der Waals surface area (Å²) >= 11 is 3.43. The first-order valence-corrected chi connectivity index (χ1v) is 7.92. The Kier molecular flexibility index (Phi) is 7.38. The summed E-state index contributed by atoms with van der Waals surface area (Å²) in [5.74, 6) is 0. The van der Waals surface area contributed by atoms with Crippen LogP contribution in [0.5, 0.6) is 0 Å². The van der Waals surface area contributed by atoms with E-state index in [1.165, 1.54) is 16.2 Å². The number of halogens is 1. The zero-order chi connectivity index (χ0) is 12.8. The monoisotopic (exact) mass is 317 g/mol. The molecule has 3 nitrogen and oxygen atoms in total. The topological polar surface area (TPSA) is 42.2 Å². The lowest BCUT2D eigenvalue weighted by molar-refractivity contribution is 0.272. The number of nitrogens with two attached hydrogens (primary N) is 1. The van der Waals surface area contributed by atoms with Gasteiger partial charge in [0, 0.05) is 29.0 Å². The van der Waals surface area contributed by atoms with Crippen molar-refractivity contribution in [3.63, 3.8) is 0 Å². The molecule has 0 aliphatic rings. The number of thiazole rings is 1. The molecular weight excluding hydrogens is 298 g/mol. The summed E-state index contributed by atoms with van der Waals surface area (Å²) in [5, 5.41) is 2.81. The normalized spacial score (nSPS) is 10.6. The Hall–Kier alpha value is -0.620. The quantitative estimate of drug-likeness (QED) is 0.847. The van der Waals surface area contributed by atoms with Crippen molar-refractivity contribution in [1.82, 2.24) is 9.88 Å². The highest BCUT2D eigenvalue weighted by Crippen LogP contribution is 2.17. The van der Waals surface area contributed by atoms with Gasteiger partial charge in [0.05, 0.1) is 0 Å². The van der Waals surface area contributed by atoms with Gasteiger partial charge < -0.3 is 5.73 Å². The van der Waals surface area contributed by atoms with Crippen LogP contribution in [0.4, 0.5) is 5.13 Å². The second-order valence-corrected chi connectivity index (χ2v) is 6.45. The smallest absolute Gasteiger partial charge is 0.180 e. The summed E-state index contributed by atoms with van der Waals surface area (Å²) in [4.78, 5) is 9.31. The van der Waals surface area contributed by atoms with Gasteiger partial charge in [0.15, 0.2) is 5.13 Å². The number of aromatic nitrogens is 1. The second kappa shape index (κ2) is 8.53. The molecule has 0 aliphatic carbocycles. The van der Waals surface area contributed by atoms with Crippen LogP contribution in [0, 0.1) is 0 Å². The summed E-state index contributed by atoms with van der Waals surface area (Å²) in [6.45, 7) is 5.42. The van der Waals surface area contributed by atoms with Crippen LogP contribution in [0.25, 0.3) is 0 Å². The van der Waals surface area contributed by atoms with Crippen LogP contribution in [0.2, 0.25) is 0 Å². The molecule has 0 aliphatic heterocycles. The van der Waals surface area contributed by atoms with Crippen molar-refractivity contribution in [3.05, 3.63) is 33.5 Å². The molecule has 6 heteroatoms. The zero-order valence-corrected chi connectivity index (χ0v) is 13.5. The van der Waals surface area contributed by atoms with E-state index in [0.29, 0.717) is 5.13 Å². The minimum absolute atomic E-state index is 0. The predicted molar refractivity (Wildman–Crippen MR) is 87.4 cm³/mol. The van der Waals surface area contributed by atoms with E-state index in [1.54, 1.807) is 11.3 Å². The molecule has 2 aromatic heterocycles. The van der Waals surface area contributed by atoms with Crippen molar-refractivity contribution < 1.29 is 0 Å². The van der Waals surface area contributed by atoms with E-state index < -0.39 is 0 Å². The number of nitrogen functional groups attached to an aromatic ring is 1. The van der Waals surface area contributed by atoms with Crippen LogP contribution in [-0.4, -0.2) is 23.0 Å². The Labute approximate surface area is 128 Å². The van der Waals surface area contributed by atoms with Crippen LogP contribution in [0.15, 0.2) is 23.7 Å². The molecule has 0 amide bonds. The maximum Gasteiger partial charge on any atom is 0.180 e. The largest absolute Gasteiger partial charge is 0.375 e. The van der Waals surface area contributed by atoms with Crippen LogP contribution < -0.4 is 5.73 Å². The fourth-order valence-corrected chi connectivity index (χ4v) is 3.35. The summed E-state index contributed by atoms with van der Waals surface area (Å²) in [5.41, 5.74) is 5.67. The van der Waals surface area contributed by atoms with Gasteiger partial charge >= 0.3 is 0 Å². The molecule has 0 radical (unpaired) electrons. The van der Waals surface area contributed by atoms with Crippen LogP contribution in [-0.2, 0) is 13.0 Å². The second-order valence-electron chi connectivity index (χ2n) is 4.27. The SMILES string of the molecule is CCCN(CCc1cccs1)Cc1cnc(N)s1.Cl. The van der Waals surface area contributed by atoms with E-state index in [0.717, 1.165) is 26.1 Å². The molecule has 0 spiro atoms. The van der Waals surface area contributed by atoms with Gasteiger partial charge in [-0.1, -0.05) is 13.0 Å². The van der Waals surface area contributed by atoms with Gasteiger partial charge in [-0.05, 0) is 30.8 Å². The molecule has 2 rings (SSSR count). The van der Waals surface area contributed by atoms with Gasteiger partial charge in [-0.25, -0.2) is 4.98 Å². The third-order valence-electron chi connectivity index (χ3n) is 2.75. The zero-order valence-electron chi connectivity index (χ0n) is 11.0. The molecule has 0 unspecified atom stereocenters. The minimum atomic E-state index is 0. The maximum absolute atomic E-state index is 5.67. The Balaban J connectivity index is 0.00000180. The van der Waals surface area contributed by atoms with Gasteiger partial charge in [0.2, 0.25) is 0 Å². The Bertz CT molecular complexity index is 456. The first kappa shape index (κ1) is 16.4. The fraction of sp³-hybridized carbons (Fsp3) is 0.462. The molecule has 2 N–H and O–H groups in total. The fourth-order valence-electron chi connectivity index (χ4n) is 1.93. The number of nitrogens with zero attached hydrogens (tertiary/aromatic N) is 2. The molecule has 106 valence electrons. The highest BCUT2D eigenvalue weighted by molar-refractivity contribution is 7.15. The summed E-state index contributed by atoms with van der Waals surface area (Å²) in [6, 6.07) is 4.33. The van der Waals surface area contributed by atoms with E-state index >= 15 is 0 Å². The average Bonchev–Trinajstić information content (AvgIpc) is 2.98. The molecule has 19 heavy (non-hydrogen) atoms. The van der Waals surface area contributed by atoms with Crippen molar-refractivity contribution in [2.24, 2.45) is 0 Å². The number of hydrogen-bond acceptors (Lipinski definition) is 5. The van der Waals surface area contributed by atoms with Crippen LogP contribution in [0.3, 0.4) is 0 Å². The van der Waals surface area contributed by atoms with Crippen LogP contribution >= 0.6 is 35.1 Å². The maximum atomic E-state index is 5.67. The van der Waals surface area contributed by atoms with E-state index in [-0.39, 0.29) is 12.4 Å². The summed E-state index contributed by atoms with van der Waals surface area (Å²) in [7, 11) is 0. The van der Waals surface area contributed by atoms with E-state index in [1.807, 2.05) is 17.5 Å². The Morgan fingerprint density at radius 3 is 2.74 bits per heavy atom. The molecule has 0 atom stereocenters. The highest BCUT2D eigenvalue weighted by atomic mass is 35.5. The van der Waals surface area contributed by atoms with Crippen molar-refractivity contribution >= 4 is 40.2 Å². The third kappa shape index (κ3) is 5.48. The van der Waals surface area contributed by atoms with E-state index in [4.69, 9.17) is 5.73 Å². The molecule has 2 heterocycles. The van der Waals surface area contributed by atoms with Crippen molar-refractivity contribution in [3.8, 4) is 0 Å². The van der Waals surface area contributed by atoms with Crippen LogP contribution in [0.1, 0.15) is 23.1 Å². The first-order chi connectivity index (χ1) is 8.78. The van der Waals surface area contributed by atoms with Gasteiger partial charge in [-0.3, -0.25) is 4.90 Å². The molecule has 0 bridgehead atoms. The lowest BCUT2D eigenvalue weighted by Crippen LogP contribution is -2.26. The van der Waals surface area contributed by atoms with Crippen molar-refractivity contribution in [1.29, 1.82) is 0 Å². The minimum Gasteiger partial charge on any atom is -0.375 e. The number of thiophene rings is 1. The third-order valence-corrected chi connectivity index (χ3v) is 4.49. The molecule has 0 aromatic carbocycles. The van der Waals surface area contributed by atoms with E-state index in [9.17, 15) is 0 Å². The summed E-state index contributed by atoms with van der Waals surface area (Å²) < 4.78 is 0. The molecule has 0 fully saturated rings. The van der Waals surface area contributed by atoms with Gasteiger partial charge in [-0.15, -0.1) is 35.1 Å². The van der Waals surface area contributed by atoms with Gasteiger partial charge in [0.1, 0.15) is 0 Å². The Morgan fingerprint density at radius 2 is 2.16 bits per heavy atom. The Morgan fingerprint density at radius 1 is 1.32 bits per heavy atom. The first-order valence-electron chi connectivity index (χ1n) is 6.23. The lowest BCUT2D eigenvalue weighted by Gasteiger charge is -2.20. The van der Waals surface area contributed by atoms with Gasteiger partial charge in [-0.2, -0.15) is 0 Å². The van der Waals surface area contributed by atoms with Crippen molar-refractivity contribution in [2.75, 3.05) is 18.8 Å². The van der Waals surface area contributed by atoms with Crippen molar-refractivity contribution in [2.45, 2.75) is 26.3 Å². The van der Waals surface area contributed by atoms with E-state index in [2.05, 4.69) is 34.3 Å². The number of rotatable bonds is 7. The average molecular weight is 318 g/mol. The molecule has 0 saturated carbocycles.